The summed E-state index contributed by atoms with van der Waals surface area (Å²) in [6.07, 6.45) is 0. The fourth-order valence-electron chi connectivity index (χ4n) is 1.01. The predicted octanol–water partition coefficient (Wildman–Crippen LogP) is 1.89. The minimum Gasteiger partial charge on any atom is -0.326 e. The number of amides is 2. The normalized spacial score (nSPS) is 8.87. The maximum atomic E-state index is 11.2. The molecule has 4 nitrogen and oxygen atoms in total. The summed E-state index contributed by atoms with van der Waals surface area (Å²) >= 11 is 4.32. The molecule has 0 saturated carbocycles. The number of isothiocyanates is 1. The molecular formula is C10H8N2O2S. The van der Waals surface area contributed by atoms with Gasteiger partial charge in [-0.2, -0.15) is 4.99 Å². The van der Waals surface area contributed by atoms with E-state index in [1.807, 2.05) is 5.16 Å². The maximum absolute atomic E-state index is 11.2. The van der Waals surface area contributed by atoms with E-state index in [-0.39, 0.29) is 5.91 Å². The Bertz CT molecular complexity index is 433. The van der Waals surface area contributed by atoms with E-state index in [9.17, 15) is 9.59 Å². The largest absolute Gasteiger partial charge is 0.326 e. The Labute approximate surface area is 92.0 Å². The number of carbonyl (C=O) groups excluding carboxylic acids is 2. The highest BCUT2D eigenvalue weighted by Crippen LogP contribution is 2.10. The molecule has 1 N–H and O–H groups in total. The molecule has 0 bridgehead atoms. The molecule has 15 heavy (non-hydrogen) atoms. The van der Waals surface area contributed by atoms with Crippen molar-refractivity contribution >= 4 is 34.9 Å². The van der Waals surface area contributed by atoms with Gasteiger partial charge in [0, 0.05) is 18.2 Å². The van der Waals surface area contributed by atoms with E-state index in [0.29, 0.717) is 11.3 Å². The van der Waals surface area contributed by atoms with Gasteiger partial charge in [0.15, 0.2) is 0 Å². The monoisotopic (exact) mass is 220 g/mol. The SMILES string of the molecule is CC(=O)Nc1ccc(C(=O)N=C=S)cc1. The number of rotatable bonds is 2. The number of hydrogen-bond donors (Lipinski definition) is 1. The van der Waals surface area contributed by atoms with Gasteiger partial charge in [0.05, 0.1) is 5.16 Å². The van der Waals surface area contributed by atoms with E-state index in [1.54, 1.807) is 24.3 Å². The van der Waals surface area contributed by atoms with Gasteiger partial charge in [-0.15, -0.1) is 0 Å². The molecule has 0 unspecified atom stereocenters. The minimum absolute atomic E-state index is 0.161. The third-order valence-corrected chi connectivity index (χ3v) is 1.69. The molecule has 1 rings (SSSR count). The van der Waals surface area contributed by atoms with Crippen LogP contribution in [0.1, 0.15) is 17.3 Å². The third kappa shape index (κ3) is 3.42. The fraction of sp³-hybridized carbons (Fsp3) is 0.100. The fourth-order valence-corrected chi connectivity index (χ4v) is 1.09. The topological polar surface area (TPSA) is 58.5 Å². The van der Waals surface area contributed by atoms with E-state index >= 15 is 0 Å². The van der Waals surface area contributed by atoms with Crippen LogP contribution in [-0.4, -0.2) is 17.0 Å². The zero-order valence-electron chi connectivity index (χ0n) is 7.98. The molecule has 1 aromatic carbocycles. The van der Waals surface area contributed by atoms with Gasteiger partial charge in [-0.3, -0.25) is 9.59 Å². The first-order valence-electron chi connectivity index (χ1n) is 4.13. The van der Waals surface area contributed by atoms with Crippen molar-refractivity contribution < 1.29 is 9.59 Å². The van der Waals surface area contributed by atoms with E-state index in [4.69, 9.17) is 0 Å². The van der Waals surface area contributed by atoms with Gasteiger partial charge in [0.2, 0.25) is 5.91 Å². The van der Waals surface area contributed by atoms with Crippen molar-refractivity contribution in [3.8, 4) is 0 Å². The van der Waals surface area contributed by atoms with Crippen LogP contribution in [0.25, 0.3) is 0 Å². The van der Waals surface area contributed by atoms with E-state index < -0.39 is 5.91 Å². The lowest BCUT2D eigenvalue weighted by Crippen LogP contribution is -2.05. The van der Waals surface area contributed by atoms with Crippen LogP contribution in [-0.2, 0) is 4.79 Å². The Hall–Kier alpha value is -1.84. The number of aliphatic imine (C=N–C) groups is 1. The maximum Gasteiger partial charge on any atom is 0.285 e. The standard InChI is InChI=1S/C10H8N2O2S/c1-7(13)12-9-4-2-8(3-5-9)10(14)11-6-15/h2-5H,1H3,(H,12,13). The van der Waals surface area contributed by atoms with Crippen molar-refractivity contribution in [1.29, 1.82) is 0 Å². The molecule has 76 valence electrons. The molecule has 5 heteroatoms. The molecular weight excluding hydrogens is 212 g/mol. The number of thiocarbonyl (C=S) groups is 1. The molecule has 0 fully saturated rings. The molecule has 0 aliphatic heterocycles. The van der Waals surface area contributed by atoms with Crippen molar-refractivity contribution in [2.75, 3.05) is 5.32 Å². The average molecular weight is 220 g/mol. The molecule has 0 spiro atoms. The van der Waals surface area contributed by atoms with Crippen LogP contribution in [0.2, 0.25) is 0 Å². The van der Waals surface area contributed by atoms with Crippen LogP contribution in [0.3, 0.4) is 0 Å². The lowest BCUT2D eigenvalue weighted by Gasteiger charge is -2.01. The summed E-state index contributed by atoms with van der Waals surface area (Å²) in [5, 5.41) is 4.59. The first kappa shape index (κ1) is 11.2. The summed E-state index contributed by atoms with van der Waals surface area (Å²) in [7, 11) is 0. The Balaban J connectivity index is 2.85. The highest BCUT2D eigenvalue weighted by Gasteiger charge is 2.02. The van der Waals surface area contributed by atoms with Crippen molar-refractivity contribution in [2.45, 2.75) is 6.92 Å². The summed E-state index contributed by atoms with van der Waals surface area (Å²) in [5.41, 5.74) is 1.03. The zero-order valence-corrected chi connectivity index (χ0v) is 8.80. The second-order valence-electron chi connectivity index (χ2n) is 2.77. The van der Waals surface area contributed by atoms with Crippen molar-refractivity contribution in [2.24, 2.45) is 4.99 Å². The Morgan fingerprint density at radius 3 is 2.40 bits per heavy atom. The van der Waals surface area contributed by atoms with Crippen LogP contribution in [0.4, 0.5) is 5.69 Å². The first-order valence-corrected chi connectivity index (χ1v) is 4.54. The summed E-state index contributed by atoms with van der Waals surface area (Å²) in [4.78, 5) is 25.2. The number of anilines is 1. The number of nitrogens with one attached hydrogen (secondary N) is 1. The molecule has 0 saturated heterocycles. The summed E-state index contributed by atoms with van der Waals surface area (Å²) in [5.74, 6) is -0.606. The second kappa shape index (κ2) is 5.14. The quantitative estimate of drug-likeness (QED) is 0.611. The smallest absolute Gasteiger partial charge is 0.285 e. The van der Waals surface area contributed by atoms with Crippen LogP contribution < -0.4 is 5.32 Å². The summed E-state index contributed by atoms with van der Waals surface area (Å²) in [6, 6.07) is 6.36. The van der Waals surface area contributed by atoms with Crippen molar-refractivity contribution in [3.05, 3.63) is 29.8 Å². The first-order chi connectivity index (χ1) is 7.13. The number of nitrogens with zero attached hydrogens (tertiary/aromatic N) is 1. The van der Waals surface area contributed by atoms with Crippen molar-refractivity contribution in [3.63, 3.8) is 0 Å². The van der Waals surface area contributed by atoms with Gasteiger partial charge < -0.3 is 5.32 Å². The van der Waals surface area contributed by atoms with Crippen LogP contribution in [0, 0.1) is 0 Å². The van der Waals surface area contributed by atoms with E-state index in [1.165, 1.54) is 6.92 Å². The number of benzene rings is 1. The zero-order chi connectivity index (χ0) is 11.3. The van der Waals surface area contributed by atoms with Gasteiger partial charge in [-0.25, -0.2) is 0 Å². The van der Waals surface area contributed by atoms with Gasteiger partial charge in [-0.05, 0) is 36.5 Å². The third-order valence-electron chi connectivity index (χ3n) is 1.60. The molecule has 0 aromatic heterocycles. The number of carbonyl (C=O) groups is 2. The summed E-state index contributed by atoms with van der Waals surface area (Å²) < 4.78 is 0. The molecule has 0 atom stereocenters. The lowest BCUT2D eigenvalue weighted by atomic mass is 10.2. The molecule has 0 aliphatic carbocycles. The molecule has 0 heterocycles. The summed E-state index contributed by atoms with van der Waals surface area (Å²) in [6.45, 7) is 1.41. The molecule has 0 radical (unpaired) electrons. The molecule has 2 amide bonds. The lowest BCUT2D eigenvalue weighted by molar-refractivity contribution is -0.114. The van der Waals surface area contributed by atoms with Crippen LogP contribution in [0.15, 0.2) is 29.3 Å². The van der Waals surface area contributed by atoms with Crippen molar-refractivity contribution in [1.82, 2.24) is 0 Å². The predicted molar refractivity (Wildman–Crippen MR) is 60.1 cm³/mol. The van der Waals surface area contributed by atoms with Gasteiger partial charge >= 0.3 is 0 Å². The van der Waals surface area contributed by atoms with Gasteiger partial charge in [0.25, 0.3) is 5.91 Å². The highest BCUT2D eigenvalue weighted by molar-refractivity contribution is 7.78. The van der Waals surface area contributed by atoms with Crippen LogP contribution >= 0.6 is 12.2 Å². The minimum atomic E-state index is -0.445. The second-order valence-corrected chi connectivity index (χ2v) is 2.95. The molecule has 1 aromatic rings. The van der Waals surface area contributed by atoms with Crippen LogP contribution in [0.5, 0.6) is 0 Å². The Morgan fingerprint density at radius 2 is 1.93 bits per heavy atom. The van der Waals surface area contributed by atoms with Gasteiger partial charge in [0.1, 0.15) is 0 Å². The Kier molecular flexibility index (Phi) is 3.85. The highest BCUT2D eigenvalue weighted by atomic mass is 32.1. The van der Waals surface area contributed by atoms with Gasteiger partial charge in [-0.1, -0.05) is 0 Å². The number of hydrogen-bond acceptors (Lipinski definition) is 3. The Morgan fingerprint density at radius 1 is 1.33 bits per heavy atom. The van der Waals surface area contributed by atoms with E-state index in [0.717, 1.165) is 0 Å². The van der Waals surface area contributed by atoms with E-state index in [2.05, 4.69) is 22.5 Å². The molecule has 0 aliphatic rings. The average Bonchev–Trinajstić information content (AvgIpc) is 2.18.